The van der Waals surface area contributed by atoms with Gasteiger partial charge < -0.3 is 8.83 Å². The Kier molecular flexibility index (Phi) is 4.75. The molecule has 3 heterocycles. The van der Waals surface area contributed by atoms with E-state index in [-0.39, 0.29) is 11.0 Å². The second-order valence-corrected chi connectivity index (χ2v) is 7.91. The van der Waals surface area contributed by atoms with E-state index in [0.29, 0.717) is 50.1 Å². The fourth-order valence-corrected chi connectivity index (χ4v) is 4.01. The maximum Gasteiger partial charge on any atom is 0.276 e. The number of hydrogen-bond donors (Lipinski definition) is 0. The molecule has 0 saturated carbocycles. The smallest absolute Gasteiger partial charge is 0.276 e. The van der Waals surface area contributed by atoms with Gasteiger partial charge in [0.05, 0.1) is 5.56 Å². The molecule has 2 aromatic rings. The lowest BCUT2D eigenvalue weighted by Crippen LogP contribution is -2.50. The van der Waals surface area contributed by atoms with Crippen molar-refractivity contribution < 1.29 is 17.3 Å². The van der Waals surface area contributed by atoms with Gasteiger partial charge in [0, 0.05) is 44.7 Å². The second-order valence-electron chi connectivity index (χ2n) is 6.04. The molecule has 0 atom stereocenters. The van der Waals surface area contributed by atoms with Crippen molar-refractivity contribution in [2.24, 2.45) is 0 Å². The summed E-state index contributed by atoms with van der Waals surface area (Å²) in [5.74, 6) is 0.766. The van der Waals surface area contributed by atoms with E-state index in [1.165, 1.54) is 16.6 Å². The summed E-state index contributed by atoms with van der Waals surface area (Å²) in [7, 11) is -3.65. The average Bonchev–Trinajstić information content (AvgIpc) is 3.24. The molecule has 1 saturated heterocycles. The summed E-state index contributed by atoms with van der Waals surface area (Å²) in [5.41, 5.74) is 0.474. The lowest BCUT2D eigenvalue weighted by Gasteiger charge is -2.35. The molecule has 9 heteroatoms. The Morgan fingerprint density at radius 3 is 2.50 bits per heavy atom. The molecule has 8 nitrogen and oxygen atoms in total. The third kappa shape index (κ3) is 3.24. The number of aryl methyl sites for hydroxylation is 1. The summed E-state index contributed by atoms with van der Waals surface area (Å²) in [6.07, 6.45) is 1.96. The van der Waals surface area contributed by atoms with E-state index < -0.39 is 10.0 Å². The molecule has 0 amide bonds. The van der Waals surface area contributed by atoms with Crippen LogP contribution >= 0.6 is 0 Å². The number of hydrogen-bond acceptors (Lipinski definition) is 7. The molecule has 1 aliphatic heterocycles. The van der Waals surface area contributed by atoms with Gasteiger partial charge >= 0.3 is 0 Å². The van der Waals surface area contributed by atoms with Gasteiger partial charge in [-0.1, -0.05) is 6.92 Å². The van der Waals surface area contributed by atoms with Gasteiger partial charge in [-0.05, 0) is 13.8 Å². The summed E-state index contributed by atoms with van der Waals surface area (Å²) in [4.78, 5) is 2.25. The standard InChI is InChI=1S/C15H22N4O4S/c1-4-13-16-17-15(23-13)12-9-14(22-10-12)24(20,21)19-7-5-18(6-8-19)11(2)3/h9-11H,4-8H2,1-3H3. The van der Waals surface area contributed by atoms with Gasteiger partial charge in [0.15, 0.2) is 0 Å². The van der Waals surface area contributed by atoms with Crippen molar-refractivity contribution in [1.82, 2.24) is 19.4 Å². The SMILES string of the molecule is CCc1nnc(-c2coc(S(=O)(=O)N3CCN(C(C)C)CC3)c2)o1. The first-order valence-electron chi connectivity index (χ1n) is 8.07. The van der Waals surface area contributed by atoms with Crippen LogP contribution in [0.1, 0.15) is 26.7 Å². The highest BCUT2D eigenvalue weighted by atomic mass is 32.2. The number of nitrogens with zero attached hydrogens (tertiary/aromatic N) is 4. The molecule has 0 radical (unpaired) electrons. The first-order chi connectivity index (χ1) is 11.4. The van der Waals surface area contributed by atoms with E-state index in [1.807, 2.05) is 6.92 Å². The quantitative estimate of drug-likeness (QED) is 0.805. The Bertz CT molecular complexity index is 788. The highest BCUT2D eigenvalue weighted by Crippen LogP contribution is 2.26. The molecule has 1 fully saturated rings. The van der Waals surface area contributed by atoms with Crippen molar-refractivity contribution in [3.8, 4) is 11.5 Å². The van der Waals surface area contributed by atoms with Crippen LogP contribution in [0, 0.1) is 0 Å². The monoisotopic (exact) mass is 354 g/mol. The van der Waals surface area contributed by atoms with E-state index in [2.05, 4.69) is 28.9 Å². The normalized spacial score (nSPS) is 17.7. The van der Waals surface area contributed by atoms with Gasteiger partial charge in [-0.25, -0.2) is 8.42 Å². The molecule has 24 heavy (non-hydrogen) atoms. The molecule has 1 aliphatic rings. The van der Waals surface area contributed by atoms with Crippen molar-refractivity contribution in [3.63, 3.8) is 0 Å². The maximum atomic E-state index is 12.7. The highest BCUT2D eigenvalue weighted by molar-refractivity contribution is 7.89. The Morgan fingerprint density at radius 1 is 1.21 bits per heavy atom. The Balaban J connectivity index is 1.76. The van der Waals surface area contributed by atoms with E-state index in [9.17, 15) is 8.42 Å². The third-order valence-electron chi connectivity index (χ3n) is 4.19. The number of rotatable bonds is 5. The minimum atomic E-state index is -3.65. The molecular formula is C15H22N4O4S. The molecule has 2 aromatic heterocycles. The summed E-state index contributed by atoms with van der Waals surface area (Å²) in [6, 6.07) is 1.85. The van der Waals surface area contributed by atoms with E-state index >= 15 is 0 Å². The zero-order valence-corrected chi connectivity index (χ0v) is 14.9. The van der Waals surface area contributed by atoms with E-state index in [0.717, 1.165) is 0 Å². The molecule has 0 bridgehead atoms. The first kappa shape index (κ1) is 17.1. The topological polar surface area (TPSA) is 92.7 Å². The summed E-state index contributed by atoms with van der Waals surface area (Å²) >= 11 is 0. The van der Waals surface area contributed by atoms with E-state index in [4.69, 9.17) is 8.83 Å². The van der Waals surface area contributed by atoms with Gasteiger partial charge in [-0.2, -0.15) is 4.31 Å². The lowest BCUT2D eigenvalue weighted by atomic mass is 10.3. The van der Waals surface area contributed by atoms with Gasteiger partial charge in [0.25, 0.3) is 15.9 Å². The number of furan rings is 1. The van der Waals surface area contributed by atoms with Gasteiger partial charge in [-0.3, -0.25) is 4.90 Å². The summed E-state index contributed by atoms with van der Waals surface area (Å²) in [6.45, 7) is 8.46. The van der Waals surface area contributed by atoms with Crippen LogP contribution in [0.4, 0.5) is 0 Å². The molecular weight excluding hydrogens is 332 g/mol. The summed E-state index contributed by atoms with van der Waals surface area (Å²) < 4.78 is 37.6. The van der Waals surface area contributed by atoms with Crippen LogP contribution in [0.2, 0.25) is 0 Å². The van der Waals surface area contributed by atoms with Gasteiger partial charge in [-0.15, -0.1) is 10.2 Å². The fraction of sp³-hybridized carbons (Fsp3) is 0.600. The van der Waals surface area contributed by atoms with E-state index in [1.54, 1.807) is 0 Å². The first-order valence-corrected chi connectivity index (χ1v) is 9.51. The molecule has 0 aromatic carbocycles. The minimum absolute atomic E-state index is 0.0910. The van der Waals surface area contributed by atoms with Crippen molar-refractivity contribution in [1.29, 1.82) is 0 Å². The van der Waals surface area contributed by atoms with Crippen LogP contribution < -0.4 is 0 Å². The van der Waals surface area contributed by atoms with Crippen molar-refractivity contribution in [2.45, 2.75) is 38.3 Å². The zero-order chi connectivity index (χ0) is 17.3. The Morgan fingerprint density at radius 2 is 1.92 bits per heavy atom. The highest BCUT2D eigenvalue weighted by Gasteiger charge is 2.32. The third-order valence-corrected chi connectivity index (χ3v) is 5.96. The Labute approximate surface area is 141 Å². The van der Waals surface area contributed by atoms with Crippen LogP contribution in [0.5, 0.6) is 0 Å². The van der Waals surface area contributed by atoms with Crippen LogP contribution in [-0.2, 0) is 16.4 Å². The number of sulfonamides is 1. The van der Waals surface area contributed by atoms with Crippen LogP contribution in [0.3, 0.4) is 0 Å². The van der Waals surface area contributed by atoms with Crippen molar-refractivity contribution in [2.75, 3.05) is 26.2 Å². The van der Waals surface area contributed by atoms with Crippen LogP contribution in [0.15, 0.2) is 26.3 Å². The largest absolute Gasteiger partial charge is 0.451 e. The predicted octanol–water partition coefficient (Wildman–Crippen LogP) is 1.61. The summed E-state index contributed by atoms with van der Waals surface area (Å²) in [5, 5.41) is 7.69. The zero-order valence-electron chi connectivity index (χ0n) is 14.1. The average molecular weight is 354 g/mol. The second kappa shape index (κ2) is 6.66. The predicted molar refractivity (Wildman–Crippen MR) is 86.8 cm³/mol. The number of piperazine rings is 1. The van der Waals surface area contributed by atoms with Crippen molar-refractivity contribution >= 4 is 10.0 Å². The lowest BCUT2D eigenvalue weighted by molar-refractivity contribution is 0.153. The molecule has 0 spiro atoms. The van der Waals surface area contributed by atoms with Gasteiger partial charge in [0.1, 0.15) is 6.26 Å². The maximum absolute atomic E-state index is 12.7. The van der Waals surface area contributed by atoms with Crippen LogP contribution in [0.25, 0.3) is 11.5 Å². The van der Waals surface area contributed by atoms with Crippen LogP contribution in [-0.4, -0.2) is 60.0 Å². The molecule has 132 valence electrons. The molecule has 0 N–H and O–H groups in total. The van der Waals surface area contributed by atoms with Crippen molar-refractivity contribution in [3.05, 3.63) is 18.2 Å². The Hall–Kier alpha value is -1.71. The molecule has 0 unspecified atom stereocenters. The van der Waals surface area contributed by atoms with Gasteiger partial charge in [0.2, 0.25) is 11.0 Å². The minimum Gasteiger partial charge on any atom is -0.451 e. The number of aromatic nitrogens is 2. The molecule has 3 rings (SSSR count). The molecule has 0 aliphatic carbocycles. The fourth-order valence-electron chi connectivity index (χ4n) is 2.66.